The number of likely N-dealkylation sites (tertiary alicyclic amines) is 1. The van der Waals surface area contributed by atoms with E-state index in [9.17, 15) is 0 Å². The van der Waals surface area contributed by atoms with Crippen LogP contribution >= 0.6 is 0 Å². The smallest absolute Gasteiger partial charge is 0.241 e. The van der Waals surface area contributed by atoms with Gasteiger partial charge < -0.3 is 9.09 Å². The topological polar surface area (TPSA) is 72.9 Å². The summed E-state index contributed by atoms with van der Waals surface area (Å²) in [6, 6.07) is 4.24. The van der Waals surface area contributed by atoms with E-state index in [1.165, 1.54) is 12.2 Å². The van der Waals surface area contributed by atoms with Crippen LogP contribution in [-0.2, 0) is 6.54 Å². The summed E-state index contributed by atoms with van der Waals surface area (Å²) < 4.78 is 7.74. The van der Waals surface area contributed by atoms with Crippen molar-refractivity contribution in [2.24, 2.45) is 0 Å². The standard InChI is InChI=1S/C19H24N6O/c1-14(2)25-10-8-21-19(25)16-6-4-9-24(12-16)13-17-22-18(23-26-17)15-5-3-7-20-11-15/h3,5,7-8,10-11,14,16H,4,6,9,12-13H2,1-2H3/t16-/m1/s1. The molecule has 1 aliphatic rings. The molecule has 1 saturated heterocycles. The molecule has 1 atom stereocenters. The highest BCUT2D eigenvalue weighted by Gasteiger charge is 2.26. The Morgan fingerprint density at radius 2 is 2.23 bits per heavy atom. The van der Waals surface area contributed by atoms with Gasteiger partial charge in [-0.15, -0.1) is 0 Å². The predicted octanol–water partition coefficient (Wildman–Crippen LogP) is 3.29. The Bertz CT molecular complexity index is 841. The van der Waals surface area contributed by atoms with Crippen molar-refractivity contribution < 1.29 is 4.52 Å². The van der Waals surface area contributed by atoms with Crippen LogP contribution < -0.4 is 0 Å². The van der Waals surface area contributed by atoms with Crippen molar-refractivity contribution in [3.05, 3.63) is 48.6 Å². The molecule has 0 spiro atoms. The molecular weight excluding hydrogens is 328 g/mol. The Balaban J connectivity index is 1.44. The Hall–Kier alpha value is -2.54. The van der Waals surface area contributed by atoms with Gasteiger partial charge >= 0.3 is 0 Å². The molecule has 26 heavy (non-hydrogen) atoms. The summed E-state index contributed by atoms with van der Waals surface area (Å²) in [6.45, 7) is 7.08. The first kappa shape index (κ1) is 16.9. The molecule has 0 radical (unpaired) electrons. The van der Waals surface area contributed by atoms with Crippen molar-refractivity contribution in [1.29, 1.82) is 0 Å². The summed E-state index contributed by atoms with van der Waals surface area (Å²) in [5, 5.41) is 4.09. The van der Waals surface area contributed by atoms with Crippen molar-refractivity contribution in [1.82, 2.24) is 29.6 Å². The second-order valence-electron chi connectivity index (χ2n) is 7.11. The number of rotatable bonds is 5. The number of hydrogen-bond donors (Lipinski definition) is 0. The second kappa shape index (κ2) is 7.37. The van der Waals surface area contributed by atoms with Gasteiger partial charge in [0.2, 0.25) is 11.7 Å². The highest BCUT2D eigenvalue weighted by atomic mass is 16.5. The molecule has 0 aromatic carbocycles. The second-order valence-corrected chi connectivity index (χ2v) is 7.11. The van der Waals surface area contributed by atoms with E-state index >= 15 is 0 Å². The fourth-order valence-corrected chi connectivity index (χ4v) is 3.61. The normalized spacial score (nSPS) is 18.5. The summed E-state index contributed by atoms with van der Waals surface area (Å²) in [5.41, 5.74) is 0.873. The van der Waals surface area contributed by atoms with E-state index in [1.54, 1.807) is 12.4 Å². The van der Waals surface area contributed by atoms with Crippen molar-refractivity contribution in [3.63, 3.8) is 0 Å². The lowest BCUT2D eigenvalue weighted by molar-refractivity contribution is 0.172. The van der Waals surface area contributed by atoms with Gasteiger partial charge in [-0.3, -0.25) is 9.88 Å². The highest BCUT2D eigenvalue weighted by molar-refractivity contribution is 5.51. The molecule has 7 heteroatoms. The fourth-order valence-electron chi connectivity index (χ4n) is 3.61. The van der Waals surface area contributed by atoms with E-state index in [1.807, 2.05) is 18.3 Å². The summed E-state index contributed by atoms with van der Waals surface area (Å²) in [6.07, 6.45) is 9.80. The van der Waals surface area contributed by atoms with Gasteiger partial charge in [0, 0.05) is 48.9 Å². The minimum Gasteiger partial charge on any atom is -0.338 e. The van der Waals surface area contributed by atoms with Gasteiger partial charge in [-0.1, -0.05) is 5.16 Å². The zero-order valence-electron chi connectivity index (χ0n) is 15.2. The average Bonchev–Trinajstić information content (AvgIpc) is 3.32. The van der Waals surface area contributed by atoms with Crippen LogP contribution in [0.5, 0.6) is 0 Å². The molecule has 0 N–H and O–H groups in total. The zero-order valence-corrected chi connectivity index (χ0v) is 15.2. The molecule has 3 aromatic rings. The maximum Gasteiger partial charge on any atom is 0.241 e. The molecule has 4 rings (SSSR count). The van der Waals surface area contributed by atoms with Crippen molar-refractivity contribution >= 4 is 0 Å². The lowest BCUT2D eigenvalue weighted by atomic mass is 9.97. The van der Waals surface area contributed by atoms with Gasteiger partial charge in [-0.05, 0) is 45.4 Å². The predicted molar refractivity (Wildman–Crippen MR) is 97.4 cm³/mol. The third-order valence-corrected chi connectivity index (χ3v) is 4.87. The third-order valence-electron chi connectivity index (χ3n) is 4.87. The molecule has 3 aromatic heterocycles. The SMILES string of the molecule is CC(C)n1ccnc1[C@@H]1CCCN(Cc2nc(-c3cccnc3)no2)C1. The molecule has 0 saturated carbocycles. The quantitative estimate of drug-likeness (QED) is 0.701. The molecule has 1 aliphatic heterocycles. The molecule has 7 nitrogen and oxygen atoms in total. The molecule has 0 amide bonds. The highest BCUT2D eigenvalue weighted by Crippen LogP contribution is 2.28. The summed E-state index contributed by atoms with van der Waals surface area (Å²) in [4.78, 5) is 15.6. The molecule has 1 fully saturated rings. The van der Waals surface area contributed by atoms with Crippen LogP contribution in [0.15, 0.2) is 41.4 Å². The Kier molecular flexibility index (Phi) is 4.79. The van der Waals surface area contributed by atoms with E-state index < -0.39 is 0 Å². The largest absolute Gasteiger partial charge is 0.338 e. The zero-order chi connectivity index (χ0) is 17.9. The van der Waals surface area contributed by atoms with Crippen molar-refractivity contribution in [2.75, 3.05) is 13.1 Å². The first-order valence-corrected chi connectivity index (χ1v) is 9.19. The van der Waals surface area contributed by atoms with Crippen molar-refractivity contribution in [3.8, 4) is 11.4 Å². The summed E-state index contributed by atoms with van der Waals surface area (Å²) in [7, 11) is 0. The van der Waals surface area contributed by atoms with E-state index in [2.05, 4.69) is 49.6 Å². The number of hydrogen-bond acceptors (Lipinski definition) is 6. The van der Waals surface area contributed by atoms with Gasteiger partial charge in [-0.25, -0.2) is 4.98 Å². The van der Waals surface area contributed by atoms with E-state index in [-0.39, 0.29) is 0 Å². The monoisotopic (exact) mass is 352 g/mol. The number of nitrogens with zero attached hydrogens (tertiary/aromatic N) is 6. The number of aromatic nitrogens is 5. The number of piperidine rings is 1. The van der Waals surface area contributed by atoms with Crippen molar-refractivity contribution in [2.45, 2.75) is 45.2 Å². The Morgan fingerprint density at radius 1 is 1.31 bits per heavy atom. The lowest BCUT2D eigenvalue weighted by Gasteiger charge is -2.32. The summed E-state index contributed by atoms with van der Waals surface area (Å²) in [5.74, 6) is 2.88. The molecular formula is C19H24N6O. The van der Waals surface area contributed by atoms with E-state index in [0.717, 1.165) is 25.1 Å². The van der Waals surface area contributed by atoms with Gasteiger partial charge in [0.05, 0.1) is 6.54 Å². The first-order chi connectivity index (χ1) is 12.7. The molecule has 0 unspecified atom stereocenters. The van der Waals surface area contributed by atoms with Crippen LogP contribution in [0.1, 0.15) is 50.4 Å². The number of imidazole rings is 1. The first-order valence-electron chi connectivity index (χ1n) is 9.19. The van der Waals surface area contributed by atoms with Crippen LogP contribution in [0, 0.1) is 0 Å². The van der Waals surface area contributed by atoms with Gasteiger partial charge in [0.15, 0.2) is 0 Å². The van der Waals surface area contributed by atoms with Gasteiger partial charge in [0.25, 0.3) is 0 Å². The summed E-state index contributed by atoms with van der Waals surface area (Å²) >= 11 is 0. The molecule has 136 valence electrons. The average molecular weight is 352 g/mol. The lowest BCUT2D eigenvalue weighted by Crippen LogP contribution is -2.35. The van der Waals surface area contributed by atoms with E-state index in [4.69, 9.17) is 4.52 Å². The number of pyridine rings is 1. The Labute approximate surface area is 153 Å². The van der Waals surface area contributed by atoms with E-state index in [0.29, 0.717) is 30.2 Å². The van der Waals surface area contributed by atoms with Crippen LogP contribution in [0.4, 0.5) is 0 Å². The van der Waals surface area contributed by atoms with Crippen LogP contribution in [0.25, 0.3) is 11.4 Å². The maximum atomic E-state index is 5.46. The maximum absolute atomic E-state index is 5.46. The van der Waals surface area contributed by atoms with Crippen LogP contribution in [0.3, 0.4) is 0 Å². The fraction of sp³-hybridized carbons (Fsp3) is 0.474. The molecule has 0 aliphatic carbocycles. The van der Waals surface area contributed by atoms with Crippen LogP contribution in [-0.4, -0.2) is 42.7 Å². The minimum absolute atomic E-state index is 0.431. The molecule has 4 heterocycles. The minimum atomic E-state index is 0.431. The van der Waals surface area contributed by atoms with Crippen LogP contribution in [0.2, 0.25) is 0 Å². The Morgan fingerprint density at radius 3 is 3.04 bits per heavy atom. The third kappa shape index (κ3) is 3.53. The van der Waals surface area contributed by atoms with Gasteiger partial charge in [0.1, 0.15) is 5.82 Å². The van der Waals surface area contributed by atoms with Gasteiger partial charge in [-0.2, -0.15) is 4.98 Å². The molecule has 0 bridgehead atoms.